The summed E-state index contributed by atoms with van der Waals surface area (Å²) in [6, 6.07) is 9.42. The van der Waals surface area contributed by atoms with Crippen LogP contribution in [0.4, 0.5) is 4.39 Å². The zero-order valence-electron chi connectivity index (χ0n) is 25.2. The van der Waals surface area contributed by atoms with E-state index >= 15 is 0 Å². The van der Waals surface area contributed by atoms with Gasteiger partial charge in [-0.25, -0.2) is 9.18 Å². The number of halogens is 1. The summed E-state index contributed by atoms with van der Waals surface area (Å²) in [5.74, 6) is -2.43. The fourth-order valence-electron chi connectivity index (χ4n) is 5.85. The highest BCUT2D eigenvalue weighted by Gasteiger charge is 2.54. The van der Waals surface area contributed by atoms with Crippen molar-refractivity contribution in [3.8, 4) is 17.0 Å². The molecule has 10 nitrogen and oxygen atoms in total. The van der Waals surface area contributed by atoms with Crippen molar-refractivity contribution < 1.29 is 42.6 Å². The number of nitrogens with one attached hydrogen (secondary N) is 1. The number of Topliss-reactive ketones (excluding diaryl/α,β-unsaturated/α-hetero) is 2. The fraction of sp³-hybridized carbons (Fsp3) is 0.364. The normalized spacial score (nSPS) is 19.0. The Balaban J connectivity index is 1.12. The van der Waals surface area contributed by atoms with Gasteiger partial charge in [0.2, 0.25) is 5.91 Å². The number of carbonyl (C=O) groups excluding carboxylic acids is 5. The molecule has 2 unspecified atom stereocenters. The highest BCUT2D eigenvalue weighted by Crippen LogP contribution is 2.46. The number of fused-ring (bicyclic) bond motifs is 6. The van der Waals surface area contributed by atoms with Crippen LogP contribution in [0, 0.1) is 11.7 Å². The summed E-state index contributed by atoms with van der Waals surface area (Å²) in [7, 11) is 0. The molecule has 12 heteroatoms. The van der Waals surface area contributed by atoms with Crippen molar-refractivity contribution in [2.75, 3.05) is 19.0 Å². The Hall–Kier alpha value is -4.45. The number of esters is 2. The van der Waals surface area contributed by atoms with Crippen LogP contribution in [-0.4, -0.2) is 69.2 Å². The number of β-lactam (4-membered cyclic amide) rings is 1. The maximum absolute atomic E-state index is 13.9. The molecule has 1 aromatic heterocycles. The monoisotopic (exact) mass is 634 g/mol. The van der Waals surface area contributed by atoms with Crippen LogP contribution in [0.25, 0.3) is 22.2 Å². The van der Waals surface area contributed by atoms with Gasteiger partial charge in [-0.2, -0.15) is 0 Å². The SMILES string of the molecule is CC(=O)OCC1=C(C(=O)OC(C)(C)C)N2C(=O)C(CC(=O)COc3ccc4c(c3)C(=O)Cc3c-4[nH]c4ccc(F)cc34)C2SC1. The number of hydrogen-bond acceptors (Lipinski definition) is 9. The first kappa shape index (κ1) is 30.6. The van der Waals surface area contributed by atoms with E-state index in [1.807, 2.05) is 0 Å². The predicted molar refractivity (Wildman–Crippen MR) is 163 cm³/mol. The summed E-state index contributed by atoms with van der Waals surface area (Å²) in [5.41, 5.74) is 3.06. The van der Waals surface area contributed by atoms with Crippen molar-refractivity contribution in [3.05, 3.63) is 64.6 Å². The van der Waals surface area contributed by atoms with Gasteiger partial charge in [-0.1, -0.05) is 0 Å². The lowest BCUT2D eigenvalue weighted by molar-refractivity contribution is -0.161. The molecule has 6 rings (SSSR count). The molecule has 3 aromatic rings. The third kappa shape index (κ3) is 5.86. The van der Waals surface area contributed by atoms with Crippen molar-refractivity contribution in [1.82, 2.24) is 9.88 Å². The summed E-state index contributed by atoms with van der Waals surface area (Å²) in [6.45, 7) is 5.95. The van der Waals surface area contributed by atoms with Crippen LogP contribution in [0.2, 0.25) is 0 Å². The molecule has 1 saturated heterocycles. The minimum Gasteiger partial charge on any atom is -0.486 e. The van der Waals surface area contributed by atoms with E-state index in [2.05, 4.69) is 4.98 Å². The first-order valence-corrected chi connectivity index (χ1v) is 15.5. The number of H-pyrrole nitrogens is 1. The summed E-state index contributed by atoms with van der Waals surface area (Å²) in [6.07, 6.45) is 0.0164. The van der Waals surface area contributed by atoms with Crippen molar-refractivity contribution in [2.45, 2.75) is 51.5 Å². The van der Waals surface area contributed by atoms with Gasteiger partial charge in [0.15, 0.2) is 11.6 Å². The van der Waals surface area contributed by atoms with E-state index in [0.29, 0.717) is 33.6 Å². The highest BCUT2D eigenvalue weighted by molar-refractivity contribution is 8.00. The van der Waals surface area contributed by atoms with Crippen LogP contribution in [0.15, 0.2) is 47.7 Å². The summed E-state index contributed by atoms with van der Waals surface area (Å²) >= 11 is 1.39. The lowest BCUT2D eigenvalue weighted by Crippen LogP contribution is -2.62. The van der Waals surface area contributed by atoms with E-state index < -0.39 is 34.7 Å². The molecule has 1 fully saturated rings. The van der Waals surface area contributed by atoms with E-state index in [1.165, 1.54) is 35.7 Å². The number of rotatable bonds is 8. The highest BCUT2D eigenvalue weighted by atomic mass is 32.2. The van der Waals surface area contributed by atoms with E-state index in [9.17, 15) is 28.4 Å². The maximum atomic E-state index is 13.9. The van der Waals surface area contributed by atoms with Gasteiger partial charge >= 0.3 is 11.9 Å². The molecular formula is C33H31FN2O8S. The average Bonchev–Trinajstić information content (AvgIpc) is 3.33. The Labute approximate surface area is 262 Å². The zero-order valence-corrected chi connectivity index (χ0v) is 26.0. The van der Waals surface area contributed by atoms with Gasteiger partial charge in [-0.05, 0) is 62.7 Å². The third-order valence-corrected chi connectivity index (χ3v) is 9.21. The summed E-state index contributed by atoms with van der Waals surface area (Å²) in [5, 5.41) is 0.217. The van der Waals surface area contributed by atoms with Gasteiger partial charge in [0.05, 0.1) is 17.0 Å². The second-order valence-electron chi connectivity index (χ2n) is 12.3. The lowest BCUT2D eigenvalue weighted by Gasteiger charge is -2.50. The number of ether oxygens (including phenoxy) is 3. The molecule has 1 aliphatic carbocycles. The molecule has 2 atom stereocenters. The topological polar surface area (TPSA) is 132 Å². The van der Waals surface area contributed by atoms with E-state index in [-0.39, 0.29) is 49.1 Å². The van der Waals surface area contributed by atoms with E-state index in [4.69, 9.17) is 14.2 Å². The largest absolute Gasteiger partial charge is 0.486 e. The van der Waals surface area contributed by atoms with Crippen molar-refractivity contribution in [2.24, 2.45) is 5.92 Å². The minimum atomic E-state index is -0.810. The van der Waals surface area contributed by atoms with Gasteiger partial charge < -0.3 is 19.2 Å². The molecule has 0 radical (unpaired) electrons. The molecule has 3 aliphatic rings. The minimum absolute atomic E-state index is 0.0573. The zero-order chi connectivity index (χ0) is 32.2. The van der Waals surface area contributed by atoms with Crippen molar-refractivity contribution in [3.63, 3.8) is 0 Å². The van der Waals surface area contributed by atoms with Gasteiger partial charge in [-0.15, -0.1) is 11.8 Å². The smallest absolute Gasteiger partial charge is 0.355 e. The molecule has 2 aromatic carbocycles. The molecular weight excluding hydrogens is 603 g/mol. The van der Waals surface area contributed by atoms with Crippen LogP contribution in [0.1, 0.15) is 50.0 Å². The first-order chi connectivity index (χ1) is 21.3. The van der Waals surface area contributed by atoms with Gasteiger partial charge in [0, 0.05) is 53.1 Å². The Kier molecular flexibility index (Phi) is 7.80. The quantitative estimate of drug-likeness (QED) is 0.276. The molecule has 0 spiro atoms. The fourth-order valence-corrected chi connectivity index (χ4v) is 7.25. The average molecular weight is 635 g/mol. The molecule has 3 heterocycles. The molecule has 1 amide bonds. The van der Waals surface area contributed by atoms with Crippen LogP contribution >= 0.6 is 11.8 Å². The van der Waals surface area contributed by atoms with Crippen LogP contribution < -0.4 is 4.74 Å². The van der Waals surface area contributed by atoms with Gasteiger partial charge in [0.1, 0.15) is 36.1 Å². The number of hydrogen-bond donors (Lipinski definition) is 1. The summed E-state index contributed by atoms with van der Waals surface area (Å²) < 4.78 is 30.3. The van der Waals surface area contributed by atoms with Crippen LogP contribution in [0.3, 0.4) is 0 Å². The molecule has 45 heavy (non-hydrogen) atoms. The number of aromatic amines is 1. The van der Waals surface area contributed by atoms with Crippen molar-refractivity contribution >= 4 is 52.1 Å². The van der Waals surface area contributed by atoms with Gasteiger partial charge in [-0.3, -0.25) is 24.1 Å². The first-order valence-electron chi connectivity index (χ1n) is 14.5. The molecule has 234 valence electrons. The van der Waals surface area contributed by atoms with Crippen LogP contribution in [0.5, 0.6) is 5.75 Å². The number of thioether (sulfide) groups is 1. The number of nitrogens with zero attached hydrogens (tertiary/aromatic N) is 1. The Morgan fingerprint density at radius 2 is 1.87 bits per heavy atom. The number of amides is 1. The molecule has 1 N–H and O–H groups in total. The Bertz CT molecular complexity index is 1820. The van der Waals surface area contributed by atoms with E-state index in [1.54, 1.807) is 45.0 Å². The number of benzene rings is 2. The summed E-state index contributed by atoms with van der Waals surface area (Å²) in [4.78, 5) is 68.4. The molecule has 0 saturated carbocycles. The number of aromatic nitrogens is 1. The Morgan fingerprint density at radius 3 is 2.60 bits per heavy atom. The molecule has 0 bridgehead atoms. The number of carbonyl (C=O) groups is 5. The second-order valence-corrected chi connectivity index (χ2v) is 13.4. The second kappa shape index (κ2) is 11.5. The third-order valence-electron chi connectivity index (χ3n) is 7.81. The van der Waals surface area contributed by atoms with E-state index in [0.717, 1.165) is 16.8 Å². The van der Waals surface area contributed by atoms with Crippen LogP contribution in [-0.2, 0) is 35.1 Å². The van der Waals surface area contributed by atoms with Crippen molar-refractivity contribution in [1.29, 1.82) is 0 Å². The standard InChI is InChI=1S/C33H31FN2O8S/c1-16(37)42-13-17-15-45-31-25(30(40)36(31)29(17)32(41)44-33(2,3)4)10-19(38)14-43-20-6-7-21-23(11-20)27(39)12-24-22-9-18(34)5-8-26(22)35-28(21)24/h5-9,11,25,31,35H,10,12-15H2,1-4H3. The lowest BCUT2D eigenvalue weighted by atomic mass is 9.88. The predicted octanol–water partition coefficient (Wildman–Crippen LogP) is 4.74. The molecule has 2 aliphatic heterocycles. The maximum Gasteiger partial charge on any atom is 0.355 e. The number of ketones is 2. The van der Waals surface area contributed by atoms with Gasteiger partial charge in [0.25, 0.3) is 0 Å². The Morgan fingerprint density at radius 1 is 1.09 bits per heavy atom.